The Bertz CT molecular complexity index is 1300. The number of nitrogens with zero attached hydrogens (tertiary/aromatic N) is 4. The molecule has 1 amide bonds. The van der Waals surface area contributed by atoms with E-state index in [9.17, 15) is 18.4 Å². The van der Waals surface area contributed by atoms with Crippen LogP contribution in [0, 0.1) is 11.6 Å². The number of fused-ring (bicyclic) bond motifs is 1. The van der Waals surface area contributed by atoms with E-state index in [0.717, 1.165) is 4.90 Å². The highest BCUT2D eigenvalue weighted by atomic mass is 32.2. The van der Waals surface area contributed by atoms with Crippen LogP contribution in [0.25, 0.3) is 11.0 Å². The third-order valence-corrected chi connectivity index (χ3v) is 5.71. The lowest BCUT2D eigenvalue weighted by Crippen LogP contribution is -2.29. The lowest BCUT2D eigenvalue weighted by molar-refractivity contribution is -0.118. The summed E-state index contributed by atoms with van der Waals surface area (Å²) < 4.78 is 29.3. The molecule has 164 valence electrons. The first-order valence-corrected chi connectivity index (χ1v) is 10.8. The van der Waals surface area contributed by atoms with Gasteiger partial charge in [-0.1, -0.05) is 12.1 Å². The quantitative estimate of drug-likeness (QED) is 0.413. The molecule has 1 N–H and O–H groups in total. The number of hydrogen-bond donors (Lipinski definition) is 1. The summed E-state index contributed by atoms with van der Waals surface area (Å²) in [5, 5.41) is 7.34. The van der Waals surface area contributed by atoms with Crippen molar-refractivity contribution in [3.8, 4) is 0 Å². The standard InChI is InChI=1S/C22H19F2N5O2S/c23-16-4-6-18(7-5-16)32-13-20(30)25-8-9-29-21-19(11-27-29)22(31)28(14-26-21)12-15-2-1-3-17(24)10-15/h1-7,10-11,14H,8-9,12-13H2,(H,25,30). The van der Waals surface area contributed by atoms with Gasteiger partial charge in [0.25, 0.3) is 5.56 Å². The number of hydrogen-bond acceptors (Lipinski definition) is 5. The molecule has 0 aliphatic carbocycles. The van der Waals surface area contributed by atoms with E-state index < -0.39 is 0 Å². The van der Waals surface area contributed by atoms with Gasteiger partial charge in [-0.3, -0.25) is 14.2 Å². The van der Waals surface area contributed by atoms with Crippen LogP contribution in [0.3, 0.4) is 0 Å². The minimum Gasteiger partial charge on any atom is -0.354 e. The van der Waals surface area contributed by atoms with Crippen LogP contribution >= 0.6 is 11.8 Å². The number of amides is 1. The van der Waals surface area contributed by atoms with Crippen LogP contribution in [-0.4, -0.2) is 37.5 Å². The largest absolute Gasteiger partial charge is 0.354 e. The van der Waals surface area contributed by atoms with Gasteiger partial charge in [-0.2, -0.15) is 5.10 Å². The average Bonchev–Trinajstić information content (AvgIpc) is 3.19. The lowest BCUT2D eigenvalue weighted by Gasteiger charge is -2.08. The molecule has 0 aliphatic rings. The SMILES string of the molecule is O=C(CSc1ccc(F)cc1)NCCn1ncc2c(=O)n(Cc3cccc(F)c3)cnc21. The summed E-state index contributed by atoms with van der Waals surface area (Å²) in [4.78, 5) is 29.9. The second kappa shape index (κ2) is 9.73. The van der Waals surface area contributed by atoms with Crippen molar-refractivity contribution in [3.05, 3.63) is 88.6 Å². The molecule has 0 aliphatic heterocycles. The molecule has 0 bridgehead atoms. The number of benzene rings is 2. The number of nitrogens with one attached hydrogen (secondary N) is 1. The maximum absolute atomic E-state index is 13.4. The van der Waals surface area contributed by atoms with E-state index in [-0.39, 0.29) is 35.4 Å². The van der Waals surface area contributed by atoms with E-state index >= 15 is 0 Å². The molecule has 32 heavy (non-hydrogen) atoms. The van der Waals surface area contributed by atoms with Gasteiger partial charge in [-0.25, -0.2) is 18.4 Å². The van der Waals surface area contributed by atoms with Gasteiger partial charge in [0.1, 0.15) is 23.3 Å². The first-order valence-electron chi connectivity index (χ1n) is 9.80. The summed E-state index contributed by atoms with van der Waals surface area (Å²) in [6, 6.07) is 12.0. The Morgan fingerprint density at radius 2 is 1.91 bits per heavy atom. The van der Waals surface area contributed by atoms with Crippen molar-refractivity contribution in [2.45, 2.75) is 18.0 Å². The molecule has 4 aromatic rings. The molecule has 2 aromatic carbocycles. The summed E-state index contributed by atoms with van der Waals surface area (Å²) in [6.07, 6.45) is 2.85. The van der Waals surface area contributed by atoms with Gasteiger partial charge in [0.15, 0.2) is 5.65 Å². The van der Waals surface area contributed by atoms with Crippen molar-refractivity contribution in [3.63, 3.8) is 0 Å². The van der Waals surface area contributed by atoms with Crippen molar-refractivity contribution >= 4 is 28.7 Å². The van der Waals surface area contributed by atoms with Crippen molar-refractivity contribution in [1.82, 2.24) is 24.6 Å². The number of carbonyl (C=O) groups excluding carboxylic acids is 1. The van der Waals surface area contributed by atoms with Gasteiger partial charge in [0.05, 0.1) is 25.0 Å². The van der Waals surface area contributed by atoms with Crippen molar-refractivity contribution < 1.29 is 13.6 Å². The predicted octanol–water partition coefficient (Wildman–Crippen LogP) is 2.83. The zero-order valence-electron chi connectivity index (χ0n) is 16.9. The highest BCUT2D eigenvalue weighted by Gasteiger charge is 2.11. The van der Waals surface area contributed by atoms with Gasteiger partial charge in [0, 0.05) is 11.4 Å². The third kappa shape index (κ3) is 5.20. The van der Waals surface area contributed by atoms with Crippen LogP contribution < -0.4 is 10.9 Å². The van der Waals surface area contributed by atoms with Crippen LogP contribution in [0.2, 0.25) is 0 Å². The second-order valence-electron chi connectivity index (χ2n) is 7.01. The fraction of sp³-hybridized carbons (Fsp3) is 0.182. The maximum Gasteiger partial charge on any atom is 0.264 e. The van der Waals surface area contributed by atoms with Gasteiger partial charge >= 0.3 is 0 Å². The zero-order chi connectivity index (χ0) is 22.5. The average molecular weight is 455 g/mol. The number of thioether (sulfide) groups is 1. The van der Waals surface area contributed by atoms with Crippen LogP contribution in [-0.2, 0) is 17.9 Å². The van der Waals surface area contributed by atoms with Gasteiger partial charge in [0.2, 0.25) is 5.91 Å². The molecule has 4 rings (SSSR count). The number of halogens is 2. The highest BCUT2D eigenvalue weighted by Crippen LogP contribution is 2.17. The third-order valence-electron chi connectivity index (χ3n) is 4.69. The smallest absolute Gasteiger partial charge is 0.264 e. The Morgan fingerprint density at radius 3 is 2.69 bits per heavy atom. The number of carbonyl (C=O) groups is 1. The Kier molecular flexibility index (Phi) is 6.60. The van der Waals surface area contributed by atoms with E-state index in [2.05, 4.69) is 15.4 Å². The molecule has 0 saturated carbocycles. The Balaban J connectivity index is 1.34. The van der Waals surface area contributed by atoms with Gasteiger partial charge in [-0.15, -0.1) is 11.8 Å². The molecule has 7 nitrogen and oxygen atoms in total. The molecule has 0 radical (unpaired) electrons. The Hall–Kier alpha value is -3.53. The maximum atomic E-state index is 13.4. The van der Waals surface area contributed by atoms with Crippen LogP contribution in [0.15, 0.2) is 70.7 Å². The Labute approximate surface area is 186 Å². The summed E-state index contributed by atoms with van der Waals surface area (Å²) >= 11 is 1.31. The minimum atomic E-state index is -0.365. The topological polar surface area (TPSA) is 81.8 Å². The first kappa shape index (κ1) is 21.7. The van der Waals surface area contributed by atoms with E-state index in [4.69, 9.17) is 0 Å². The van der Waals surface area contributed by atoms with E-state index in [1.807, 2.05) is 0 Å². The fourth-order valence-electron chi connectivity index (χ4n) is 3.14. The van der Waals surface area contributed by atoms with Crippen molar-refractivity contribution in [2.75, 3.05) is 12.3 Å². The summed E-state index contributed by atoms with van der Waals surface area (Å²) in [6.45, 7) is 0.858. The van der Waals surface area contributed by atoms with Crippen molar-refractivity contribution in [1.29, 1.82) is 0 Å². The molecular formula is C22H19F2N5O2S. The zero-order valence-corrected chi connectivity index (χ0v) is 17.7. The molecule has 0 atom stereocenters. The second-order valence-corrected chi connectivity index (χ2v) is 8.05. The highest BCUT2D eigenvalue weighted by molar-refractivity contribution is 8.00. The number of aromatic nitrogens is 4. The Morgan fingerprint density at radius 1 is 1.09 bits per heavy atom. The van der Waals surface area contributed by atoms with E-state index in [1.54, 1.807) is 28.9 Å². The van der Waals surface area contributed by atoms with Crippen LogP contribution in [0.1, 0.15) is 5.56 Å². The molecule has 0 saturated heterocycles. The number of rotatable bonds is 8. The summed E-state index contributed by atoms with van der Waals surface area (Å²) in [5.41, 5.74) is 0.799. The molecule has 2 aromatic heterocycles. The fourth-order valence-corrected chi connectivity index (χ4v) is 3.87. The monoisotopic (exact) mass is 455 g/mol. The molecule has 10 heteroatoms. The van der Waals surface area contributed by atoms with Gasteiger partial charge in [-0.05, 0) is 42.0 Å². The van der Waals surface area contributed by atoms with Crippen molar-refractivity contribution in [2.24, 2.45) is 0 Å². The predicted molar refractivity (Wildman–Crippen MR) is 117 cm³/mol. The molecule has 2 heterocycles. The first-order chi connectivity index (χ1) is 15.5. The van der Waals surface area contributed by atoms with Gasteiger partial charge < -0.3 is 5.32 Å². The minimum absolute atomic E-state index is 0.166. The summed E-state index contributed by atoms with van der Waals surface area (Å²) in [5.74, 6) is -0.648. The normalized spacial score (nSPS) is 11.1. The van der Waals surface area contributed by atoms with Crippen LogP contribution in [0.5, 0.6) is 0 Å². The molecule has 0 unspecified atom stereocenters. The van der Waals surface area contributed by atoms with Crippen LogP contribution in [0.4, 0.5) is 8.78 Å². The van der Waals surface area contributed by atoms with E-state index in [1.165, 1.54) is 53.1 Å². The van der Waals surface area contributed by atoms with E-state index in [0.29, 0.717) is 29.7 Å². The lowest BCUT2D eigenvalue weighted by atomic mass is 10.2. The molecular weight excluding hydrogens is 436 g/mol. The molecule has 0 fully saturated rings. The molecule has 0 spiro atoms. The summed E-state index contributed by atoms with van der Waals surface area (Å²) in [7, 11) is 0.